The largest absolute Gasteiger partial charge is 0.496 e. The maximum atomic E-state index is 11.1. The van der Waals surface area contributed by atoms with Gasteiger partial charge in [-0.3, -0.25) is 4.79 Å². The predicted octanol–water partition coefficient (Wildman–Crippen LogP) is 2.37. The predicted molar refractivity (Wildman–Crippen MR) is 56.4 cm³/mol. The van der Waals surface area contributed by atoms with Crippen molar-refractivity contribution in [2.24, 2.45) is 0 Å². The lowest BCUT2D eigenvalue weighted by molar-refractivity contribution is -0.138. The maximum absolute atomic E-state index is 11.1. The van der Waals surface area contributed by atoms with E-state index in [9.17, 15) is 4.79 Å². The van der Waals surface area contributed by atoms with Gasteiger partial charge >= 0.3 is 5.97 Å². The monoisotopic (exact) mass is 206 g/mol. The summed E-state index contributed by atoms with van der Waals surface area (Å²) in [7, 11) is 1.62. The Hall–Kier alpha value is -1.51. The molecule has 2 rings (SSSR count). The third-order valence-corrected chi connectivity index (χ3v) is 3.08. The van der Waals surface area contributed by atoms with Gasteiger partial charge in [-0.1, -0.05) is 19.1 Å². The highest BCUT2D eigenvalue weighted by Gasteiger charge is 2.34. The molecule has 0 radical (unpaired) electrons. The Labute approximate surface area is 88.7 Å². The number of carbonyl (C=O) groups is 1. The van der Waals surface area contributed by atoms with Crippen LogP contribution in [-0.2, 0) is 4.79 Å². The second kappa shape index (κ2) is 3.57. The van der Waals surface area contributed by atoms with Gasteiger partial charge < -0.3 is 9.84 Å². The molecule has 2 atom stereocenters. The van der Waals surface area contributed by atoms with Gasteiger partial charge in [-0.15, -0.1) is 0 Å². The van der Waals surface area contributed by atoms with Gasteiger partial charge in [0.05, 0.1) is 13.0 Å². The van der Waals surface area contributed by atoms with Crippen molar-refractivity contribution in [2.45, 2.75) is 25.2 Å². The fourth-order valence-electron chi connectivity index (χ4n) is 2.40. The highest BCUT2D eigenvalue weighted by Crippen LogP contribution is 2.45. The minimum atomic E-state index is -0.742. The molecule has 1 aromatic rings. The van der Waals surface area contributed by atoms with Crippen LogP contribution in [0.2, 0.25) is 0 Å². The Bertz CT molecular complexity index is 398. The maximum Gasteiger partial charge on any atom is 0.311 e. The van der Waals surface area contributed by atoms with Crippen molar-refractivity contribution >= 4 is 5.97 Å². The zero-order valence-corrected chi connectivity index (χ0v) is 8.86. The van der Waals surface area contributed by atoms with E-state index in [0.717, 1.165) is 16.9 Å². The van der Waals surface area contributed by atoms with Crippen LogP contribution in [0, 0.1) is 0 Å². The first-order valence-corrected chi connectivity index (χ1v) is 5.04. The van der Waals surface area contributed by atoms with Crippen molar-refractivity contribution < 1.29 is 14.6 Å². The number of hydrogen-bond acceptors (Lipinski definition) is 2. The molecule has 0 aromatic heterocycles. The van der Waals surface area contributed by atoms with E-state index in [1.54, 1.807) is 7.11 Å². The normalized spacial score (nSPS) is 23.6. The number of carboxylic acid groups (broad SMARTS) is 1. The van der Waals surface area contributed by atoms with Crippen LogP contribution in [0.15, 0.2) is 18.2 Å². The molecule has 3 heteroatoms. The summed E-state index contributed by atoms with van der Waals surface area (Å²) in [5.74, 6) is -0.0417. The highest BCUT2D eigenvalue weighted by atomic mass is 16.5. The van der Waals surface area contributed by atoms with Crippen molar-refractivity contribution in [2.75, 3.05) is 7.11 Å². The van der Waals surface area contributed by atoms with Gasteiger partial charge in [0.2, 0.25) is 0 Å². The Kier molecular flexibility index (Phi) is 2.39. The molecule has 1 aliphatic carbocycles. The number of ether oxygens (including phenoxy) is 1. The fourth-order valence-corrected chi connectivity index (χ4v) is 2.40. The minimum absolute atomic E-state index is 0.261. The molecule has 0 spiro atoms. The topological polar surface area (TPSA) is 46.5 Å². The molecule has 0 heterocycles. The van der Waals surface area contributed by atoms with E-state index in [-0.39, 0.29) is 11.8 Å². The number of hydrogen-bond donors (Lipinski definition) is 1. The van der Waals surface area contributed by atoms with E-state index in [4.69, 9.17) is 9.84 Å². The van der Waals surface area contributed by atoms with E-state index < -0.39 is 5.97 Å². The molecule has 0 bridgehead atoms. The van der Waals surface area contributed by atoms with Gasteiger partial charge in [0.25, 0.3) is 0 Å². The Morgan fingerprint density at radius 3 is 2.87 bits per heavy atom. The van der Waals surface area contributed by atoms with Crippen molar-refractivity contribution in [1.82, 2.24) is 0 Å². The molecule has 1 N–H and O–H groups in total. The molecule has 1 aliphatic rings. The number of benzene rings is 1. The quantitative estimate of drug-likeness (QED) is 0.808. The molecule has 0 amide bonds. The van der Waals surface area contributed by atoms with Crippen LogP contribution in [0.5, 0.6) is 5.75 Å². The van der Waals surface area contributed by atoms with Gasteiger partial charge in [-0.05, 0) is 24.0 Å². The molecule has 0 aliphatic heterocycles. The average Bonchev–Trinajstić information content (AvgIpc) is 2.56. The lowest BCUT2D eigenvalue weighted by Gasteiger charge is -2.10. The number of rotatable bonds is 2. The molecule has 0 saturated carbocycles. The van der Waals surface area contributed by atoms with Gasteiger partial charge in [-0.25, -0.2) is 0 Å². The number of carboxylic acids is 1. The summed E-state index contributed by atoms with van der Waals surface area (Å²) < 4.78 is 5.26. The Morgan fingerprint density at radius 2 is 2.27 bits per heavy atom. The molecular weight excluding hydrogens is 192 g/mol. The standard InChI is InChI=1S/C12H14O3/c1-7-6-9(12(13)14)8-4-3-5-10(15-2)11(7)8/h3-5,7,9H,6H2,1-2H3,(H,13,14). The molecule has 0 saturated heterocycles. The van der Waals surface area contributed by atoms with Crippen molar-refractivity contribution in [3.63, 3.8) is 0 Å². The van der Waals surface area contributed by atoms with E-state index in [2.05, 4.69) is 0 Å². The first kappa shape index (κ1) is 10.0. The lowest BCUT2D eigenvalue weighted by Crippen LogP contribution is -2.07. The third kappa shape index (κ3) is 1.48. The van der Waals surface area contributed by atoms with Crippen LogP contribution < -0.4 is 4.74 Å². The van der Waals surface area contributed by atoms with Gasteiger partial charge in [-0.2, -0.15) is 0 Å². The summed E-state index contributed by atoms with van der Waals surface area (Å²) in [5.41, 5.74) is 1.97. The first-order chi connectivity index (χ1) is 7.15. The summed E-state index contributed by atoms with van der Waals surface area (Å²) in [4.78, 5) is 11.1. The van der Waals surface area contributed by atoms with Crippen LogP contribution in [0.1, 0.15) is 36.3 Å². The minimum Gasteiger partial charge on any atom is -0.496 e. The van der Waals surface area contributed by atoms with E-state index in [0.29, 0.717) is 6.42 Å². The zero-order chi connectivity index (χ0) is 11.0. The van der Waals surface area contributed by atoms with E-state index in [1.807, 2.05) is 25.1 Å². The van der Waals surface area contributed by atoms with Gasteiger partial charge in [0.15, 0.2) is 0 Å². The van der Waals surface area contributed by atoms with Crippen LogP contribution in [0.4, 0.5) is 0 Å². The second-order valence-corrected chi connectivity index (χ2v) is 3.99. The van der Waals surface area contributed by atoms with E-state index >= 15 is 0 Å². The lowest BCUT2D eigenvalue weighted by atomic mass is 10.0. The molecule has 80 valence electrons. The number of methoxy groups -OCH3 is 1. The summed E-state index contributed by atoms with van der Waals surface area (Å²) in [6.07, 6.45) is 0.672. The fraction of sp³-hybridized carbons (Fsp3) is 0.417. The molecule has 3 nitrogen and oxygen atoms in total. The van der Waals surface area contributed by atoms with Crippen molar-refractivity contribution in [3.8, 4) is 5.75 Å². The molecule has 2 unspecified atom stereocenters. The first-order valence-electron chi connectivity index (χ1n) is 5.04. The molecular formula is C12H14O3. The third-order valence-electron chi connectivity index (χ3n) is 3.08. The summed E-state index contributed by atoms with van der Waals surface area (Å²) in [6, 6.07) is 5.63. The summed E-state index contributed by atoms with van der Waals surface area (Å²) in [5, 5.41) is 9.10. The Morgan fingerprint density at radius 1 is 1.53 bits per heavy atom. The van der Waals surface area contributed by atoms with Crippen molar-refractivity contribution in [3.05, 3.63) is 29.3 Å². The van der Waals surface area contributed by atoms with Crippen molar-refractivity contribution in [1.29, 1.82) is 0 Å². The SMILES string of the molecule is COc1cccc2c1C(C)CC2C(=O)O. The molecule has 15 heavy (non-hydrogen) atoms. The Balaban J connectivity index is 2.53. The van der Waals surface area contributed by atoms with Crippen LogP contribution in [0.25, 0.3) is 0 Å². The van der Waals surface area contributed by atoms with Crippen LogP contribution in [-0.4, -0.2) is 18.2 Å². The average molecular weight is 206 g/mol. The van der Waals surface area contributed by atoms with E-state index in [1.165, 1.54) is 0 Å². The van der Waals surface area contributed by atoms with Gasteiger partial charge in [0, 0.05) is 5.56 Å². The second-order valence-electron chi connectivity index (χ2n) is 3.99. The highest BCUT2D eigenvalue weighted by molar-refractivity contribution is 5.79. The number of fused-ring (bicyclic) bond motifs is 1. The molecule has 1 aromatic carbocycles. The van der Waals surface area contributed by atoms with Gasteiger partial charge in [0.1, 0.15) is 5.75 Å². The summed E-state index contributed by atoms with van der Waals surface area (Å²) in [6.45, 7) is 2.05. The smallest absolute Gasteiger partial charge is 0.311 e. The molecule has 0 fully saturated rings. The summed E-state index contributed by atoms with van der Waals surface area (Å²) >= 11 is 0. The van der Waals surface area contributed by atoms with Crippen LogP contribution >= 0.6 is 0 Å². The van der Waals surface area contributed by atoms with Crippen LogP contribution in [0.3, 0.4) is 0 Å². The zero-order valence-electron chi connectivity index (χ0n) is 8.86. The number of aliphatic carboxylic acids is 1.